The summed E-state index contributed by atoms with van der Waals surface area (Å²) in [5, 5.41) is 4.17. The highest BCUT2D eigenvalue weighted by Gasteiger charge is 2.33. The maximum atomic E-state index is 13.0. The summed E-state index contributed by atoms with van der Waals surface area (Å²) in [6.45, 7) is 4.71. The number of carbonyl (C=O) groups is 2. The van der Waals surface area contributed by atoms with Crippen LogP contribution in [-0.4, -0.2) is 23.1 Å². The second kappa shape index (κ2) is 7.70. The zero-order chi connectivity index (χ0) is 19.0. The van der Waals surface area contributed by atoms with Gasteiger partial charge < -0.3 is 4.90 Å². The number of rotatable bonds is 5. The Bertz CT molecular complexity index is 968. The Balaban J connectivity index is 1.51. The van der Waals surface area contributed by atoms with Crippen molar-refractivity contribution in [2.45, 2.75) is 39.2 Å². The molecule has 0 aliphatic carbocycles. The predicted molar refractivity (Wildman–Crippen MR) is 113 cm³/mol. The van der Waals surface area contributed by atoms with Crippen LogP contribution < -0.4 is 0 Å². The van der Waals surface area contributed by atoms with Crippen LogP contribution in [0, 0.1) is 13.8 Å². The van der Waals surface area contributed by atoms with Crippen LogP contribution in [0.15, 0.2) is 35.0 Å². The molecule has 3 aromatic rings. The third kappa shape index (κ3) is 3.66. The van der Waals surface area contributed by atoms with Crippen molar-refractivity contribution in [1.82, 2.24) is 4.90 Å². The summed E-state index contributed by atoms with van der Waals surface area (Å²) >= 11 is 5.10. The number of hydrogen-bond donors (Lipinski definition) is 0. The number of ketones is 1. The van der Waals surface area contributed by atoms with Crippen LogP contribution in [0.3, 0.4) is 0 Å². The van der Waals surface area contributed by atoms with E-state index in [1.54, 1.807) is 34.0 Å². The first-order valence-electron chi connectivity index (χ1n) is 9.04. The SMILES string of the molecule is Cc1cc(C(=O)CCC(=O)N2CCc3sccc3[C@@H]2c2cccs2)c(C)s1. The van der Waals surface area contributed by atoms with Crippen molar-refractivity contribution in [2.75, 3.05) is 6.54 Å². The third-order valence-electron chi connectivity index (χ3n) is 5.01. The van der Waals surface area contributed by atoms with Gasteiger partial charge in [0.05, 0.1) is 6.04 Å². The summed E-state index contributed by atoms with van der Waals surface area (Å²) < 4.78 is 0. The van der Waals surface area contributed by atoms with Crippen LogP contribution in [0.5, 0.6) is 0 Å². The molecule has 0 fully saturated rings. The zero-order valence-electron chi connectivity index (χ0n) is 15.4. The first kappa shape index (κ1) is 18.6. The highest BCUT2D eigenvalue weighted by atomic mass is 32.1. The summed E-state index contributed by atoms with van der Waals surface area (Å²) in [6.07, 6.45) is 1.45. The minimum Gasteiger partial charge on any atom is -0.330 e. The maximum absolute atomic E-state index is 13.0. The van der Waals surface area contributed by atoms with Gasteiger partial charge in [-0.25, -0.2) is 0 Å². The highest BCUT2D eigenvalue weighted by molar-refractivity contribution is 7.12. The molecule has 0 unspecified atom stereocenters. The minimum atomic E-state index is -0.00673. The Morgan fingerprint density at radius 2 is 2.00 bits per heavy atom. The fourth-order valence-electron chi connectivity index (χ4n) is 3.75. The first-order chi connectivity index (χ1) is 13.0. The molecule has 1 atom stereocenters. The summed E-state index contributed by atoms with van der Waals surface area (Å²) in [4.78, 5) is 32.3. The molecular formula is C21H21NO2S3. The van der Waals surface area contributed by atoms with Crippen molar-refractivity contribution >= 4 is 45.7 Å². The molecule has 0 aromatic carbocycles. The van der Waals surface area contributed by atoms with Gasteiger partial charge in [0, 0.05) is 44.5 Å². The molecule has 4 heterocycles. The second-order valence-corrected chi connectivity index (χ2v) is 10.2. The Kier molecular flexibility index (Phi) is 5.30. The average molecular weight is 416 g/mol. The van der Waals surface area contributed by atoms with E-state index >= 15 is 0 Å². The number of amides is 1. The van der Waals surface area contributed by atoms with Crippen molar-refractivity contribution in [3.05, 3.63) is 65.7 Å². The molecule has 0 saturated heterocycles. The number of Topliss-reactive ketones (excluding diaryl/α,β-unsaturated/α-hetero) is 1. The molecule has 1 amide bonds. The van der Waals surface area contributed by atoms with Gasteiger partial charge in [0.15, 0.2) is 5.78 Å². The largest absolute Gasteiger partial charge is 0.330 e. The summed E-state index contributed by atoms with van der Waals surface area (Å²) in [6, 6.07) is 8.22. The van der Waals surface area contributed by atoms with E-state index in [0.29, 0.717) is 0 Å². The Hall–Kier alpha value is -1.76. The molecule has 4 rings (SSSR count). The third-order valence-corrected chi connectivity index (χ3v) is 7.89. The van der Waals surface area contributed by atoms with Crippen molar-refractivity contribution in [3.8, 4) is 0 Å². The molecule has 0 spiro atoms. The molecule has 0 bridgehead atoms. The summed E-state index contributed by atoms with van der Waals surface area (Å²) in [5.41, 5.74) is 2.02. The van der Waals surface area contributed by atoms with Gasteiger partial charge in [0.2, 0.25) is 5.91 Å². The number of thiophene rings is 3. The quantitative estimate of drug-likeness (QED) is 0.507. The van der Waals surface area contributed by atoms with Crippen molar-refractivity contribution in [1.29, 1.82) is 0 Å². The lowest BCUT2D eigenvalue weighted by molar-refractivity contribution is -0.133. The molecule has 0 saturated carbocycles. The fraction of sp³-hybridized carbons (Fsp3) is 0.333. The lowest BCUT2D eigenvalue weighted by atomic mass is 9.97. The van der Waals surface area contributed by atoms with E-state index < -0.39 is 0 Å². The highest BCUT2D eigenvalue weighted by Crippen LogP contribution is 2.39. The topological polar surface area (TPSA) is 37.4 Å². The first-order valence-corrected chi connectivity index (χ1v) is 11.6. The molecule has 0 radical (unpaired) electrons. The lowest BCUT2D eigenvalue weighted by Crippen LogP contribution is -2.39. The molecule has 140 valence electrons. The number of nitrogens with zero attached hydrogens (tertiary/aromatic N) is 1. The number of carbonyl (C=O) groups excluding carboxylic acids is 2. The number of fused-ring (bicyclic) bond motifs is 1. The fourth-order valence-corrected chi connectivity index (χ4v) is 6.45. The van der Waals surface area contributed by atoms with Gasteiger partial charge in [-0.2, -0.15) is 0 Å². The summed E-state index contributed by atoms with van der Waals surface area (Å²) in [5.74, 6) is 0.148. The Morgan fingerprint density at radius 1 is 1.15 bits per heavy atom. The van der Waals surface area contributed by atoms with Crippen LogP contribution in [0.2, 0.25) is 0 Å². The normalized spacial score (nSPS) is 16.4. The van der Waals surface area contributed by atoms with E-state index in [1.807, 2.05) is 30.9 Å². The van der Waals surface area contributed by atoms with Gasteiger partial charge in [0.25, 0.3) is 0 Å². The lowest BCUT2D eigenvalue weighted by Gasteiger charge is -2.35. The smallest absolute Gasteiger partial charge is 0.223 e. The van der Waals surface area contributed by atoms with E-state index in [4.69, 9.17) is 0 Å². The average Bonchev–Trinajstić information content (AvgIpc) is 3.39. The Morgan fingerprint density at radius 3 is 2.70 bits per heavy atom. The second-order valence-electron chi connectivity index (χ2n) is 6.80. The van der Waals surface area contributed by atoms with Crippen molar-refractivity contribution < 1.29 is 9.59 Å². The van der Waals surface area contributed by atoms with Crippen molar-refractivity contribution in [3.63, 3.8) is 0 Å². The molecule has 3 nitrogen and oxygen atoms in total. The number of aryl methyl sites for hydroxylation is 2. The van der Waals surface area contributed by atoms with E-state index in [-0.39, 0.29) is 30.6 Å². The van der Waals surface area contributed by atoms with Gasteiger partial charge in [-0.05, 0) is 54.8 Å². The molecular weight excluding hydrogens is 394 g/mol. The van der Waals surface area contributed by atoms with E-state index in [1.165, 1.54) is 15.3 Å². The van der Waals surface area contributed by atoms with Crippen LogP contribution in [0.1, 0.15) is 54.3 Å². The van der Waals surface area contributed by atoms with Crippen molar-refractivity contribution in [2.24, 2.45) is 0 Å². The molecule has 3 aromatic heterocycles. The van der Waals surface area contributed by atoms with Crippen LogP contribution in [0.25, 0.3) is 0 Å². The van der Waals surface area contributed by atoms with Crippen LogP contribution in [-0.2, 0) is 11.2 Å². The van der Waals surface area contributed by atoms with Gasteiger partial charge in [-0.3, -0.25) is 9.59 Å². The van der Waals surface area contributed by atoms with Crippen LogP contribution >= 0.6 is 34.0 Å². The van der Waals surface area contributed by atoms with Gasteiger partial charge in [-0.15, -0.1) is 34.0 Å². The van der Waals surface area contributed by atoms with Gasteiger partial charge in [-0.1, -0.05) is 6.07 Å². The minimum absolute atomic E-state index is 0.00673. The number of hydrogen-bond acceptors (Lipinski definition) is 5. The molecule has 1 aliphatic rings. The maximum Gasteiger partial charge on any atom is 0.223 e. The zero-order valence-corrected chi connectivity index (χ0v) is 17.8. The van der Waals surface area contributed by atoms with Crippen LogP contribution in [0.4, 0.5) is 0 Å². The van der Waals surface area contributed by atoms with E-state index in [9.17, 15) is 9.59 Å². The molecule has 27 heavy (non-hydrogen) atoms. The molecule has 6 heteroatoms. The predicted octanol–water partition coefficient (Wildman–Crippen LogP) is 5.63. The molecule has 0 N–H and O–H groups in total. The van der Waals surface area contributed by atoms with Gasteiger partial charge >= 0.3 is 0 Å². The standard InChI is InChI=1S/C21H21NO2S3/c1-13-12-16(14(2)27-13)17(23)5-6-20(24)22-9-7-18-15(8-11-26-18)21(22)19-4-3-10-25-19/h3-4,8,10-12,21H,5-7,9H2,1-2H3/t21-/m1/s1. The van der Waals surface area contributed by atoms with Gasteiger partial charge in [0.1, 0.15) is 0 Å². The van der Waals surface area contributed by atoms with E-state index in [0.717, 1.165) is 28.3 Å². The summed E-state index contributed by atoms with van der Waals surface area (Å²) in [7, 11) is 0. The monoisotopic (exact) mass is 415 g/mol. The Labute approximate surface area is 171 Å². The van der Waals surface area contributed by atoms with E-state index in [2.05, 4.69) is 22.9 Å². The molecule has 1 aliphatic heterocycles.